The number of anilines is 1. The van der Waals surface area contributed by atoms with Gasteiger partial charge in [-0.3, -0.25) is 9.59 Å². The number of rotatable bonds is 6. The summed E-state index contributed by atoms with van der Waals surface area (Å²) >= 11 is 0. The second kappa shape index (κ2) is 8.31. The number of hydrogen-bond donors (Lipinski definition) is 1. The molecule has 1 heterocycles. The molecule has 0 aliphatic heterocycles. The van der Waals surface area contributed by atoms with Gasteiger partial charge in [0.1, 0.15) is 11.8 Å². The maximum Gasteiger partial charge on any atom is 0.267 e. The highest BCUT2D eigenvalue weighted by Crippen LogP contribution is 2.20. The lowest BCUT2D eigenvalue weighted by Gasteiger charge is -2.15. The van der Waals surface area contributed by atoms with Crippen LogP contribution in [0.3, 0.4) is 0 Å². The predicted octanol–water partition coefficient (Wildman–Crippen LogP) is 3.51. The summed E-state index contributed by atoms with van der Waals surface area (Å²) in [6.45, 7) is 4.17. The van der Waals surface area contributed by atoms with E-state index >= 15 is 0 Å². The third-order valence-corrected chi connectivity index (χ3v) is 4.07. The number of benzene rings is 2. The Morgan fingerprint density at radius 3 is 2.44 bits per heavy atom. The van der Waals surface area contributed by atoms with E-state index in [0.717, 1.165) is 11.3 Å². The van der Waals surface area contributed by atoms with Crippen molar-refractivity contribution in [2.75, 3.05) is 11.9 Å². The molecule has 1 unspecified atom stereocenters. The quantitative estimate of drug-likeness (QED) is 0.727. The summed E-state index contributed by atoms with van der Waals surface area (Å²) < 4.78 is 6.64. The van der Waals surface area contributed by atoms with E-state index in [0.29, 0.717) is 18.0 Å². The lowest BCUT2D eigenvalue weighted by atomic mass is 10.1. The normalized spacial score (nSPS) is 11.6. The number of carbonyl (C=O) groups excluding carboxylic acids is 1. The van der Waals surface area contributed by atoms with E-state index in [2.05, 4.69) is 10.4 Å². The summed E-state index contributed by atoms with van der Waals surface area (Å²) in [6.07, 6.45) is 0. The number of nitrogens with zero attached hydrogens (tertiary/aromatic N) is 2. The van der Waals surface area contributed by atoms with Gasteiger partial charge in [0.25, 0.3) is 5.56 Å². The molecule has 0 fully saturated rings. The lowest BCUT2D eigenvalue weighted by Crippen LogP contribution is -2.33. The Hall–Kier alpha value is -3.41. The summed E-state index contributed by atoms with van der Waals surface area (Å²) in [5.41, 5.74) is 1.78. The number of carbonyl (C=O) groups is 1. The molecule has 0 bridgehead atoms. The second-order valence-corrected chi connectivity index (χ2v) is 5.99. The second-order valence-electron chi connectivity index (χ2n) is 5.99. The van der Waals surface area contributed by atoms with Crippen LogP contribution in [-0.4, -0.2) is 22.3 Å². The van der Waals surface area contributed by atoms with Gasteiger partial charge in [0.05, 0.1) is 12.3 Å². The molecule has 2 aromatic carbocycles. The van der Waals surface area contributed by atoms with E-state index in [1.807, 2.05) is 49.4 Å². The van der Waals surface area contributed by atoms with Gasteiger partial charge in [-0.2, -0.15) is 5.10 Å². The van der Waals surface area contributed by atoms with E-state index in [4.69, 9.17) is 4.74 Å². The van der Waals surface area contributed by atoms with Crippen molar-refractivity contribution in [2.45, 2.75) is 19.9 Å². The Kier molecular flexibility index (Phi) is 5.66. The Morgan fingerprint density at radius 1 is 1.07 bits per heavy atom. The van der Waals surface area contributed by atoms with Gasteiger partial charge in [-0.1, -0.05) is 18.2 Å². The van der Waals surface area contributed by atoms with Gasteiger partial charge in [-0.15, -0.1) is 0 Å². The van der Waals surface area contributed by atoms with Gasteiger partial charge >= 0.3 is 0 Å². The zero-order chi connectivity index (χ0) is 19.2. The van der Waals surface area contributed by atoms with E-state index < -0.39 is 6.04 Å². The molecule has 6 nitrogen and oxygen atoms in total. The molecular weight excluding hydrogens is 342 g/mol. The molecule has 3 aromatic rings. The van der Waals surface area contributed by atoms with Gasteiger partial charge in [0.15, 0.2) is 0 Å². The summed E-state index contributed by atoms with van der Waals surface area (Å²) in [5, 5.41) is 7.18. The number of aromatic nitrogens is 2. The van der Waals surface area contributed by atoms with Gasteiger partial charge in [0, 0.05) is 17.3 Å². The van der Waals surface area contributed by atoms with Crippen molar-refractivity contribution in [1.29, 1.82) is 0 Å². The van der Waals surface area contributed by atoms with Gasteiger partial charge in [-0.25, -0.2) is 4.68 Å². The first-order valence-electron chi connectivity index (χ1n) is 8.77. The molecule has 0 saturated heterocycles. The van der Waals surface area contributed by atoms with Crippen molar-refractivity contribution in [1.82, 2.24) is 9.78 Å². The fourth-order valence-corrected chi connectivity index (χ4v) is 2.62. The molecule has 27 heavy (non-hydrogen) atoms. The first-order chi connectivity index (χ1) is 13.1. The number of para-hydroxylation sites is 1. The predicted molar refractivity (Wildman–Crippen MR) is 105 cm³/mol. The largest absolute Gasteiger partial charge is 0.494 e. The zero-order valence-electron chi connectivity index (χ0n) is 15.3. The van der Waals surface area contributed by atoms with Crippen molar-refractivity contribution in [3.63, 3.8) is 0 Å². The standard InChI is InChI=1S/C21H21N3O3/c1-3-27-18-11-9-16(10-12-18)19-13-14-20(25)24(23-19)15(2)21(26)22-17-7-5-4-6-8-17/h4-15H,3H2,1-2H3,(H,22,26). The minimum Gasteiger partial charge on any atom is -0.494 e. The minimum atomic E-state index is -0.750. The van der Waals surface area contributed by atoms with Crippen LogP contribution in [0, 0.1) is 0 Å². The molecule has 3 rings (SSSR count). The average molecular weight is 363 g/mol. The Morgan fingerprint density at radius 2 is 1.78 bits per heavy atom. The third-order valence-electron chi connectivity index (χ3n) is 4.07. The monoisotopic (exact) mass is 363 g/mol. The number of ether oxygens (including phenoxy) is 1. The zero-order valence-corrected chi connectivity index (χ0v) is 15.3. The highest BCUT2D eigenvalue weighted by Gasteiger charge is 2.18. The first kappa shape index (κ1) is 18.4. The number of hydrogen-bond acceptors (Lipinski definition) is 4. The Balaban J connectivity index is 1.84. The summed E-state index contributed by atoms with van der Waals surface area (Å²) in [6, 6.07) is 18.9. The molecule has 1 aromatic heterocycles. The van der Waals surface area contributed by atoms with Crippen molar-refractivity contribution < 1.29 is 9.53 Å². The maximum atomic E-state index is 12.5. The Labute approximate surface area is 157 Å². The molecule has 1 atom stereocenters. The van der Waals surface area contributed by atoms with Crippen LogP contribution in [0.2, 0.25) is 0 Å². The third kappa shape index (κ3) is 4.41. The van der Waals surface area contributed by atoms with Crippen LogP contribution in [0.4, 0.5) is 5.69 Å². The van der Waals surface area contributed by atoms with Crippen LogP contribution in [0.5, 0.6) is 5.75 Å². The summed E-state index contributed by atoms with van der Waals surface area (Å²) in [5.74, 6) is 0.463. The van der Waals surface area contributed by atoms with Crippen LogP contribution in [0.25, 0.3) is 11.3 Å². The average Bonchev–Trinajstić information content (AvgIpc) is 2.69. The molecule has 0 radical (unpaired) electrons. The van der Waals surface area contributed by atoms with Crippen molar-refractivity contribution in [2.24, 2.45) is 0 Å². The molecule has 138 valence electrons. The first-order valence-corrected chi connectivity index (χ1v) is 8.77. The van der Waals surface area contributed by atoms with Crippen molar-refractivity contribution in [3.05, 3.63) is 77.1 Å². The smallest absolute Gasteiger partial charge is 0.267 e. The molecular formula is C21H21N3O3. The Bertz CT molecular complexity index is 966. The fourth-order valence-electron chi connectivity index (χ4n) is 2.62. The topological polar surface area (TPSA) is 73.2 Å². The molecule has 0 aliphatic rings. The van der Waals surface area contributed by atoms with Gasteiger partial charge in [-0.05, 0) is 56.3 Å². The summed E-state index contributed by atoms with van der Waals surface area (Å²) in [7, 11) is 0. The molecule has 0 saturated carbocycles. The number of nitrogens with one attached hydrogen (secondary N) is 1. The molecule has 0 aliphatic carbocycles. The fraction of sp³-hybridized carbons (Fsp3) is 0.190. The van der Waals surface area contributed by atoms with E-state index in [1.54, 1.807) is 25.1 Å². The van der Waals surface area contributed by atoms with Crippen LogP contribution in [0.15, 0.2) is 71.5 Å². The summed E-state index contributed by atoms with van der Waals surface area (Å²) in [4.78, 5) is 24.7. The van der Waals surface area contributed by atoms with Gasteiger partial charge < -0.3 is 10.1 Å². The van der Waals surface area contributed by atoms with E-state index in [9.17, 15) is 9.59 Å². The molecule has 0 spiro atoms. The van der Waals surface area contributed by atoms with E-state index in [-0.39, 0.29) is 11.5 Å². The van der Waals surface area contributed by atoms with E-state index in [1.165, 1.54) is 10.7 Å². The van der Waals surface area contributed by atoms with Crippen molar-refractivity contribution in [3.8, 4) is 17.0 Å². The number of amides is 1. The lowest BCUT2D eigenvalue weighted by molar-refractivity contribution is -0.119. The minimum absolute atomic E-state index is 0.306. The maximum absolute atomic E-state index is 12.5. The van der Waals surface area contributed by atoms with Crippen LogP contribution >= 0.6 is 0 Å². The van der Waals surface area contributed by atoms with Crippen LogP contribution < -0.4 is 15.6 Å². The molecule has 6 heteroatoms. The van der Waals surface area contributed by atoms with Gasteiger partial charge in [0.2, 0.25) is 5.91 Å². The highest BCUT2D eigenvalue weighted by molar-refractivity contribution is 5.93. The van der Waals surface area contributed by atoms with Crippen LogP contribution in [0.1, 0.15) is 19.9 Å². The van der Waals surface area contributed by atoms with Crippen LogP contribution in [-0.2, 0) is 4.79 Å². The van der Waals surface area contributed by atoms with Crippen molar-refractivity contribution >= 4 is 11.6 Å². The molecule has 1 N–H and O–H groups in total. The molecule has 1 amide bonds. The SMILES string of the molecule is CCOc1ccc(-c2ccc(=O)n(C(C)C(=O)Nc3ccccc3)n2)cc1. The highest BCUT2D eigenvalue weighted by atomic mass is 16.5.